The number of β-amino-alcohol motifs (C(OH)–C–C–N with tert-alkyl or cyclic N) is 1. The van der Waals surface area contributed by atoms with E-state index in [1.54, 1.807) is 18.1 Å². The van der Waals surface area contributed by atoms with E-state index in [4.69, 9.17) is 4.74 Å². The number of hydrogen-bond acceptors (Lipinski definition) is 3. The zero-order chi connectivity index (χ0) is 13.8. The van der Waals surface area contributed by atoms with E-state index in [0.717, 1.165) is 16.9 Å². The molecule has 1 aromatic carbocycles. The molecule has 1 aliphatic rings. The van der Waals surface area contributed by atoms with Crippen LogP contribution in [0.4, 0.5) is 0 Å². The number of aliphatic hydroxyl groups excluding tert-OH is 1. The molecule has 19 heavy (non-hydrogen) atoms. The second-order valence-corrected chi connectivity index (χ2v) is 4.81. The predicted molar refractivity (Wildman–Crippen MR) is 74.0 cm³/mol. The van der Waals surface area contributed by atoms with Gasteiger partial charge in [0.2, 0.25) is 5.91 Å². The van der Waals surface area contributed by atoms with E-state index >= 15 is 0 Å². The quantitative estimate of drug-likeness (QED) is 0.841. The highest BCUT2D eigenvalue weighted by atomic mass is 16.5. The van der Waals surface area contributed by atoms with Gasteiger partial charge in [-0.3, -0.25) is 4.79 Å². The fourth-order valence-electron chi connectivity index (χ4n) is 2.19. The van der Waals surface area contributed by atoms with Crippen LogP contribution in [0, 0.1) is 6.92 Å². The number of methoxy groups -OCH3 is 1. The van der Waals surface area contributed by atoms with Crippen LogP contribution in [0.1, 0.15) is 17.5 Å². The monoisotopic (exact) mass is 261 g/mol. The summed E-state index contributed by atoms with van der Waals surface area (Å²) in [4.78, 5) is 13.6. The Balaban J connectivity index is 2.09. The molecule has 102 valence electrons. The minimum absolute atomic E-state index is 0.0693. The molecule has 0 spiro atoms. The standard InChI is InChI=1S/C15H19NO3/c1-11-3-5-14(19-2)12(9-11)4-6-15(18)16-8-7-13(17)10-16/h3-6,9,13,17H,7-8,10H2,1-2H3/t13-/m1/s1. The molecule has 0 unspecified atom stereocenters. The topological polar surface area (TPSA) is 49.8 Å². The van der Waals surface area contributed by atoms with Gasteiger partial charge in [-0.25, -0.2) is 0 Å². The molecule has 1 saturated heterocycles. The summed E-state index contributed by atoms with van der Waals surface area (Å²) < 4.78 is 5.26. The minimum atomic E-state index is -0.383. The Morgan fingerprint density at radius 3 is 2.95 bits per heavy atom. The number of nitrogens with zero attached hydrogens (tertiary/aromatic N) is 1. The Hall–Kier alpha value is -1.81. The lowest BCUT2D eigenvalue weighted by molar-refractivity contribution is -0.125. The summed E-state index contributed by atoms with van der Waals surface area (Å²) in [6.45, 7) is 3.04. The zero-order valence-corrected chi connectivity index (χ0v) is 11.3. The highest BCUT2D eigenvalue weighted by Crippen LogP contribution is 2.21. The number of aliphatic hydroxyl groups is 1. The van der Waals surface area contributed by atoms with Crippen LogP contribution in [0.2, 0.25) is 0 Å². The molecule has 1 atom stereocenters. The van der Waals surface area contributed by atoms with Gasteiger partial charge in [0.1, 0.15) is 5.75 Å². The molecule has 1 heterocycles. The number of rotatable bonds is 3. The summed E-state index contributed by atoms with van der Waals surface area (Å²) in [5.74, 6) is 0.677. The van der Waals surface area contributed by atoms with Crippen molar-refractivity contribution in [3.63, 3.8) is 0 Å². The van der Waals surface area contributed by atoms with E-state index in [2.05, 4.69) is 0 Å². The second-order valence-electron chi connectivity index (χ2n) is 4.81. The van der Waals surface area contributed by atoms with Gasteiger partial charge >= 0.3 is 0 Å². The molecule has 0 radical (unpaired) electrons. The molecule has 0 bridgehead atoms. The number of carbonyl (C=O) groups is 1. The molecule has 0 aliphatic carbocycles. The van der Waals surface area contributed by atoms with E-state index in [1.165, 1.54) is 6.08 Å². The molecule has 1 fully saturated rings. The first-order valence-electron chi connectivity index (χ1n) is 6.40. The van der Waals surface area contributed by atoms with Crippen LogP contribution in [-0.2, 0) is 4.79 Å². The summed E-state index contributed by atoms with van der Waals surface area (Å²) in [5, 5.41) is 9.41. The average molecular weight is 261 g/mol. The average Bonchev–Trinajstić information content (AvgIpc) is 2.83. The van der Waals surface area contributed by atoms with Gasteiger partial charge in [-0.2, -0.15) is 0 Å². The molecule has 0 saturated carbocycles. The van der Waals surface area contributed by atoms with Crippen molar-refractivity contribution in [2.75, 3.05) is 20.2 Å². The van der Waals surface area contributed by atoms with Crippen molar-refractivity contribution in [2.45, 2.75) is 19.4 Å². The van der Waals surface area contributed by atoms with Gasteiger partial charge < -0.3 is 14.7 Å². The van der Waals surface area contributed by atoms with Gasteiger partial charge in [0, 0.05) is 24.7 Å². The normalized spacial score (nSPS) is 19.1. The van der Waals surface area contributed by atoms with Gasteiger partial charge in [0.25, 0.3) is 0 Å². The van der Waals surface area contributed by atoms with Crippen LogP contribution in [0.3, 0.4) is 0 Å². The Bertz CT molecular complexity index is 496. The van der Waals surface area contributed by atoms with Gasteiger partial charge in [-0.15, -0.1) is 0 Å². The smallest absolute Gasteiger partial charge is 0.246 e. The first-order chi connectivity index (χ1) is 9.10. The molecule has 1 aromatic rings. The maximum atomic E-state index is 11.9. The largest absolute Gasteiger partial charge is 0.496 e. The summed E-state index contributed by atoms with van der Waals surface area (Å²) in [6.07, 6.45) is 3.58. The SMILES string of the molecule is COc1ccc(C)cc1C=CC(=O)N1CC[C@@H](O)C1. The van der Waals surface area contributed by atoms with Crippen molar-refractivity contribution in [1.82, 2.24) is 4.90 Å². The van der Waals surface area contributed by atoms with Gasteiger partial charge in [-0.05, 0) is 31.6 Å². The highest BCUT2D eigenvalue weighted by Gasteiger charge is 2.22. The predicted octanol–water partition coefficient (Wildman–Crippen LogP) is 1.61. The lowest BCUT2D eigenvalue weighted by Crippen LogP contribution is -2.27. The first-order valence-corrected chi connectivity index (χ1v) is 6.40. The maximum absolute atomic E-state index is 11.9. The number of ether oxygens (including phenoxy) is 1. The summed E-state index contributed by atoms with van der Waals surface area (Å²) in [5.41, 5.74) is 2.00. The second kappa shape index (κ2) is 5.89. The third-order valence-electron chi connectivity index (χ3n) is 3.27. The number of hydrogen-bond donors (Lipinski definition) is 1. The Morgan fingerprint density at radius 2 is 2.32 bits per heavy atom. The third kappa shape index (κ3) is 3.35. The number of likely N-dealkylation sites (tertiary alicyclic amines) is 1. The van der Waals surface area contributed by atoms with Crippen LogP contribution in [0.5, 0.6) is 5.75 Å². The summed E-state index contributed by atoms with van der Waals surface area (Å²) in [7, 11) is 1.61. The molecule has 4 heteroatoms. The van der Waals surface area contributed by atoms with Crippen molar-refractivity contribution in [1.29, 1.82) is 0 Å². The fraction of sp³-hybridized carbons (Fsp3) is 0.400. The van der Waals surface area contributed by atoms with E-state index in [0.29, 0.717) is 19.5 Å². The zero-order valence-electron chi connectivity index (χ0n) is 11.3. The first kappa shape index (κ1) is 13.6. The van der Waals surface area contributed by atoms with Crippen molar-refractivity contribution < 1.29 is 14.6 Å². The Labute approximate surface area is 113 Å². The molecular weight excluding hydrogens is 242 g/mol. The number of benzene rings is 1. The van der Waals surface area contributed by atoms with Crippen LogP contribution in [0.25, 0.3) is 6.08 Å². The number of amides is 1. The molecule has 1 N–H and O–H groups in total. The number of aryl methyl sites for hydroxylation is 1. The molecular formula is C15H19NO3. The van der Waals surface area contributed by atoms with Crippen molar-refractivity contribution in [3.8, 4) is 5.75 Å². The Kier molecular flexibility index (Phi) is 4.22. The highest BCUT2D eigenvalue weighted by molar-refractivity contribution is 5.92. The fourth-order valence-corrected chi connectivity index (χ4v) is 2.19. The molecule has 2 rings (SSSR count). The summed E-state index contributed by atoms with van der Waals surface area (Å²) in [6, 6.07) is 5.83. The Morgan fingerprint density at radius 1 is 1.53 bits per heavy atom. The van der Waals surface area contributed by atoms with Crippen LogP contribution < -0.4 is 4.74 Å². The van der Waals surface area contributed by atoms with E-state index in [-0.39, 0.29) is 12.0 Å². The molecule has 1 amide bonds. The van der Waals surface area contributed by atoms with Crippen molar-refractivity contribution in [3.05, 3.63) is 35.4 Å². The van der Waals surface area contributed by atoms with Crippen LogP contribution in [-0.4, -0.2) is 42.2 Å². The minimum Gasteiger partial charge on any atom is -0.496 e. The molecule has 1 aliphatic heterocycles. The van der Waals surface area contributed by atoms with Gasteiger partial charge in [0.05, 0.1) is 13.2 Å². The summed E-state index contributed by atoms with van der Waals surface area (Å²) >= 11 is 0. The van der Waals surface area contributed by atoms with Crippen molar-refractivity contribution >= 4 is 12.0 Å². The molecule has 4 nitrogen and oxygen atoms in total. The van der Waals surface area contributed by atoms with E-state index in [1.807, 2.05) is 25.1 Å². The van der Waals surface area contributed by atoms with E-state index < -0.39 is 0 Å². The van der Waals surface area contributed by atoms with Crippen molar-refractivity contribution in [2.24, 2.45) is 0 Å². The van der Waals surface area contributed by atoms with Crippen LogP contribution >= 0.6 is 0 Å². The van der Waals surface area contributed by atoms with Gasteiger partial charge in [0.15, 0.2) is 0 Å². The lowest BCUT2D eigenvalue weighted by Gasteiger charge is -2.12. The molecule has 0 aromatic heterocycles. The maximum Gasteiger partial charge on any atom is 0.246 e. The van der Waals surface area contributed by atoms with Crippen LogP contribution in [0.15, 0.2) is 24.3 Å². The van der Waals surface area contributed by atoms with Gasteiger partial charge in [-0.1, -0.05) is 11.6 Å². The third-order valence-corrected chi connectivity index (χ3v) is 3.27. The number of carbonyl (C=O) groups excluding carboxylic acids is 1. The lowest BCUT2D eigenvalue weighted by atomic mass is 10.1. The van der Waals surface area contributed by atoms with E-state index in [9.17, 15) is 9.90 Å².